The molecule has 98 valence electrons. The van der Waals surface area contributed by atoms with E-state index in [2.05, 4.69) is 0 Å². The number of carbonyl (C=O) groups excluding carboxylic acids is 2. The molecule has 1 aliphatic rings. The number of unbranched alkanes of at least 4 members (excludes halogenated alkanes) is 1. The van der Waals surface area contributed by atoms with Crippen LogP contribution in [0.5, 0.6) is 0 Å². The molecule has 2 atom stereocenters. The predicted molar refractivity (Wildman–Crippen MR) is 66.6 cm³/mol. The monoisotopic (exact) mass is 240 g/mol. The molecule has 0 unspecified atom stereocenters. The fourth-order valence-electron chi connectivity index (χ4n) is 2.14. The molecular weight excluding hydrogens is 216 g/mol. The number of ether oxygens (including phenoxy) is 1. The van der Waals surface area contributed by atoms with Gasteiger partial charge in [-0.1, -0.05) is 12.8 Å². The van der Waals surface area contributed by atoms with Gasteiger partial charge in [-0.15, -0.1) is 0 Å². The van der Waals surface area contributed by atoms with Crippen molar-refractivity contribution < 1.29 is 14.3 Å². The van der Waals surface area contributed by atoms with E-state index in [4.69, 9.17) is 4.74 Å². The van der Waals surface area contributed by atoms with Gasteiger partial charge >= 0.3 is 5.97 Å². The first-order chi connectivity index (χ1) is 7.92. The minimum absolute atomic E-state index is 0.0993. The van der Waals surface area contributed by atoms with Crippen molar-refractivity contribution in [3.05, 3.63) is 0 Å². The van der Waals surface area contributed by atoms with Crippen LogP contribution in [-0.4, -0.2) is 17.9 Å². The van der Waals surface area contributed by atoms with Crippen molar-refractivity contribution in [3.8, 4) is 0 Å². The molecule has 0 radical (unpaired) electrons. The molecule has 0 amide bonds. The number of carbonyl (C=O) groups is 2. The Balaban J connectivity index is 1.98. The molecule has 0 heterocycles. The van der Waals surface area contributed by atoms with E-state index < -0.39 is 0 Å². The Morgan fingerprint density at radius 3 is 2.59 bits per heavy atom. The average Bonchev–Trinajstić information content (AvgIpc) is 2.89. The lowest BCUT2D eigenvalue weighted by Gasteiger charge is -2.19. The van der Waals surface area contributed by atoms with Gasteiger partial charge < -0.3 is 9.53 Å². The summed E-state index contributed by atoms with van der Waals surface area (Å²) < 4.78 is 5.23. The van der Waals surface area contributed by atoms with Crippen molar-refractivity contribution in [2.24, 2.45) is 11.8 Å². The molecule has 3 nitrogen and oxygen atoms in total. The molecule has 1 aliphatic carbocycles. The predicted octanol–water partition coefficient (Wildman–Crippen LogP) is 3.11. The van der Waals surface area contributed by atoms with Gasteiger partial charge in [0.05, 0.1) is 0 Å². The van der Waals surface area contributed by atoms with Crippen molar-refractivity contribution in [2.75, 3.05) is 0 Å². The van der Waals surface area contributed by atoms with E-state index in [1.807, 2.05) is 20.8 Å². The SMILES string of the molecule is CC(C)(C)OC(=O)CCCC[C@@H]1C[C@H]1CC=O. The highest BCUT2D eigenvalue weighted by atomic mass is 16.6. The fourth-order valence-corrected chi connectivity index (χ4v) is 2.14. The number of esters is 1. The third-order valence-electron chi connectivity index (χ3n) is 3.09. The van der Waals surface area contributed by atoms with Crippen LogP contribution in [0.4, 0.5) is 0 Å². The van der Waals surface area contributed by atoms with Crippen LogP contribution in [0.2, 0.25) is 0 Å². The van der Waals surface area contributed by atoms with Gasteiger partial charge in [-0.25, -0.2) is 0 Å². The maximum absolute atomic E-state index is 11.4. The minimum Gasteiger partial charge on any atom is -0.460 e. The molecule has 0 saturated heterocycles. The molecule has 0 spiro atoms. The summed E-state index contributed by atoms with van der Waals surface area (Å²) in [6.07, 6.45) is 6.58. The molecule has 1 fully saturated rings. The number of aldehydes is 1. The second-order valence-electron chi connectivity index (χ2n) is 5.99. The highest BCUT2D eigenvalue weighted by Crippen LogP contribution is 2.44. The van der Waals surface area contributed by atoms with Crippen molar-refractivity contribution >= 4 is 12.3 Å². The van der Waals surface area contributed by atoms with Crippen LogP contribution in [0.15, 0.2) is 0 Å². The lowest BCUT2D eigenvalue weighted by atomic mass is 10.1. The topological polar surface area (TPSA) is 43.4 Å². The molecule has 17 heavy (non-hydrogen) atoms. The van der Waals surface area contributed by atoms with E-state index in [-0.39, 0.29) is 11.6 Å². The number of hydrogen-bond acceptors (Lipinski definition) is 3. The Kier molecular flexibility index (Phi) is 5.16. The molecule has 0 aromatic rings. The van der Waals surface area contributed by atoms with Gasteiger partial charge in [0.1, 0.15) is 11.9 Å². The Morgan fingerprint density at radius 2 is 2.00 bits per heavy atom. The zero-order valence-electron chi connectivity index (χ0n) is 11.2. The van der Waals surface area contributed by atoms with Crippen molar-refractivity contribution in [1.82, 2.24) is 0 Å². The van der Waals surface area contributed by atoms with Gasteiger partial charge in [-0.3, -0.25) is 4.79 Å². The third-order valence-corrected chi connectivity index (χ3v) is 3.09. The summed E-state index contributed by atoms with van der Waals surface area (Å²) in [6.45, 7) is 5.66. The zero-order valence-corrected chi connectivity index (χ0v) is 11.2. The van der Waals surface area contributed by atoms with Gasteiger partial charge in [0.25, 0.3) is 0 Å². The third kappa shape index (κ3) is 6.44. The lowest BCUT2D eigenvalue weighted by molar-refractivity contribution is -0.154. The summed E-state index contributed by atoms with van der Waals surface area (Å²) in [5, 5.41) is 0. The summed E-state index contributed by atoms with van der Waals surface area (Å²) in [6, 6.07) is 0. The summed E-state index contributed by atoms with van der Waals surface area (Å²) in [5.41, 5.74) is -0.372. The number of hydrogen-bond donors (Lipinski definition) is 0. The molecular formula is C14H24O3. The molecule has 0 aromatic carbocycles. The van der Waals surface area contributed by atoms with Crippen molar-refractivity contribution in [1.29, 1.82) is 0 Å². The Hall–Kier alpha value is -0.860. The Morgan fingerprint density at radius 1 is 1.29 bits per heavy atom. The first-order valence-electron chi connectivity index (χ1n) is 6.58. The fraction of sp³-hybridized carbons (Fsp3) is 0.857. The minimum atomic E-state index is -0.372. The second kappa shape index (κ2) is 6.18. The van der Waals surface area contributed by atoms with Crippen LogP contribution in [0, 0.1) is 11.8 Å². The van der Waals surface area contributed by atoms with Gasteiger partial charge in [-0.2, -0.15) is 0 Å². The summed E-state index contributed by atoms with van der Waals surface area (Å²) in [4.78, 5) is 21.7. The molecule has 0 bridgehead atoms. The highest BCUT2D eigenvalue weighted by molar-refractivity contribution is 5.69. The first kappa shape index (κ1) is 14.2. The molecule has 3 heteroatoms. The maximum atomic E-state index is 11.4. The van der Waals surface area contributed by atoms with Crippen LogP contribution >= 0.6 is 0 Å². The van der Waals surface area contributed by atoms with Crippen molar-refractivity contribution in [3.63, 3.8) is 0 Å². The Labute approximate surface area is 104 Å². The smallest absolute Gasteiger partial charge is 0.306 e. The summed E-state index contributed by atoms with van der Waals surface area (Å²) in [7, 11) is 0. The van der Waals surface area contributed by atoms with E-state index in [1.54, 1.807) is 0 Å². The molecule has 0 aliphatic heterocycles. The quantitative estimate of drug-likeness (QED) is 0.390. The van der Waals surface area contributed by atoms with Crippen LogP contribution in [-0.2, 0) is 14.3 Å². The van der Waals surface area contributed by atoms with Gasteiger partial charge in [0.15, 0.2) is 0 Å². The summed E-state index contributed by atoms with van der Waals surface area (Å²) in [5.74, 6) is 1.27. The van der Waals surface area contributed by atoms with Crippen LogP contribution in [0.1, 0.15) is 59.3 Å². The maximum Gasteiger partial charge on any atom is 0.306 e. The van der Waals surface area contributed by atoms with E-state index in [1.165, 1.54) is 6.42 Å². The molecule has 1 rings (SSSR count). The number of rotatable bonds is 7. The average molecular weight is 240 g/mol. The van der Waals surface area contributed by atoms with E-state index in [0.717, 1.165) is 37.9 Å². The van der Waals surface area contributed by atoms with Crippen LogP contribution < -0.4 is 0 Å². The van der Waals surface area contributed by atoms with E-state index in [9.17, 15) is 9.59 Å². The zero-order chi connectivity index (χ0) is 12.9. The second-order valence-corrected chi connectivity index (χ2v) is 5.99. The summed E-state index contributed by atoms with van der Waals surface area (Å²) >= 11 is 0. The van der Waals surface area contributed by atoms with E-state index in [0.29, 0.717) is 12.3 Å². The van der Waals surface area contributed by atoms with Gasteiger partial charge in [-0.05, 0) is 45.4 Å². The molecule has 0 aromatic heterocycles. The molecule has 1 saturated carbocycles. The van der Waals surface area contributed by atoms with Crippen molar-refractivity contribution in [2.45, 2.75) is 64.9 Å². The standard InChI is InChI=1S/C14H24O3/c1-14(2,3)17-13(16)7-5-4-6-11-10-12(11)8-9-15/h9,11-12H,4-8,10H2,1-3H3/t11-,12-/m1/s1. The van der Waals surface area contributed by atoms with Gasteiger partial charge in [0, 0.05) is 12.8 Å². The van der Waals surface area contributed by atoms with E-state index >= 15 is 0 Å². The highest BCUT2D eigenvalue weighted by Gasteiger charge is 2.35. The Bertz CT molecular complexity index is 265. The first-order valence-corrected chi connectivity index (χ1v) is 6.58. The molecule has 0 N–H and O–H groups in total. The van der Waals surface area contributed by atoms with Crippen LogP contribution in [0.3, 0.4) is 0 Å². The largest absolute Gasteiger partial charge is 0.460 e. The lowest BCUT2D eigenvalue weighted by Crippen LogP contribution is -2.23. The van der Waals surface area contributed by atoms with Gasteiger partial charge in [0.2, 0.25) is 0 Å². The normalized spacial score (nSPS) is 23.2. The van der Waals surface area contributed by atoms with Crippen LogP contribution in [0.25, 0.3) is 0 Å².